The Balaban J connectivity index is 1.37. The SMILES string of the molecule is O=C(C1CC(=O)N(c2cccc(Br)c2)C1)N1CCN(c2cccnn2)CC1. The number of hydrogen-bond acceptors (Lipinski definition) is 5. The maximum absolute atomic E-state index is 12.9. The maximum atomic E-state index is 12.9. The highest BCUT2D eigenvalue weighted by Crippen LogP contribution is 2.28. The Labute approximate surface area is 166 Å². The van der Waals surface area contributed by atoms with Crippen molar-refractivity contribution in [2.45, 2.75) is 6.42 Å². The second-order valence-electron chi connectivity index (χ2n) is 6.78. The van der Waals surface area contributed by atoms with E-state index in [0.29, 0.717) is 19.6 Å². The minimum Gasteiger partial charge on any atom is -0.352 e. The van der Waals surface area contributed by atoms with Crippen LogP contribution in [-0.4, -0.2) is 59.6 Å². The van der Waals surface area contributed by atoms with E-state index >= 15 is 0 Å². The van der Waals surface area contributed by atoms with Crippen LogP contribution in [-0.2, 0) is 9.59 Å². The Morgan fingerprint density at radius 1 is 1.11 bits per heavy atom. The van der Waals surface area contributed by atoms with Gasteiger partial charge in [-0.25, -0.2) is 0 Å². The van der Waals surface area contributed by atoms with E-state index in [1.807, 2.05) is 41.3 Å². The number of halogens is 1. The molecule has 0 aliphatic carbocycles. The molecular formula is C19H20BrN5O2. The first-order valence-electron chi connectivity index (χ1n) is 8.99. The number of anilines is 2. The minimum absolute atomic E-state index is 0.00430. The van der Waals surface area contributed by atoms with E-state index in [4.69, 9.17) is 0 Å². The number of rotatable bonds is 3. The predicted octanol–water partition coefficient (Wildman–Crippen LogP) is 1.94. The van der Waals surface area contributed by atoms with Crippen LogP contribution < -0.4 is 9.80 Å². The van der Waals surface area contributed by atoms with Crippen molar-refractivity contribution < 1.29 is 9.59 Å². The average Bonchev–Trinajstić information content (AvgIpc) is 3.10. The molecule has 1 aromatic carbocycles. The van der Waals surface area contributed by atoms with Gasteiger partial charge in [-0.3, -0.25) is 9.59 Å². The summed E-state index contributed by atoms with van der Waals surface area (Å²) in [5.74, 6) is 0.630. The smallest absolute Gasteiger partial charge is 0.228 e. The zero-order chi connectivity index (χ0) is 18.8. The van der Waals surface area contributed by atoms with E-state index in [1.165, 1.54) is 0 Å². The van der Waals surface area contributed by atoms with Crippen molar-refractivity contribution in [2.24, 2.45) is 5.92 Å². The average molecular weight is 430 g/mol. The molecule has 8 heteroatoms. The van der Waals surface area contributed by atoms with Crippen LogP contribution in [0.5, 0.6) is 0 Å². The first kappa shape index (κ1) is 17.9. The highest BCUT2D eigenvalue weighted by Gasteiger charge is 2.38. The molecule has 1 atom stereocenters. The Morgan fingerprint density at radius 2 is 1.93 bits per heavy atom. The fourth-order valence-corrected chi connectivity index (χ4v) is 4.03. The van der Waals surface area contributed by atoms with Crippen molar-refractivity contribution in [3.05, 3.63) is 47.1 Å². The van der Waals surface area contributed by atoms with Crippen molar-refractivity contribution in [2.75, 3.05) is 42.5 Å². The van der Waals surface area contributed by atoms with Gasteiger partial charge in [-0.15, -0.1) is 5.10 Å². The highest BCUT2D eigenvalue weighted by atomic mass is 79.9. The fraction of sp³-hybridized carbons (Fsp3) is 0.368. The number of carbonyl (C=O) groups is 2. The Hall–Kier alpha value is -2.48. The molecule has 27 heavy (non-hydrogen) atoms. The molecule has 0 bridgehead atoms. The molecule has 7 nitrogen and oxygen atoms in total. The second-order valence-corrected chi connectivity index (χ2v) is 7.70. The number of aromatic nitrogens is 2. The van der Waals surface area contributed by atoms with Crippen molar-refractivity contribution in [3.63, 3.8) is 0 Å². The molecule has 0 spiro atoms. The molecule has 2 aliphatic heterocycles. The van der Waals surface area contributed by atoms with Gasteiger partial charge >= 0.3 is 0 Å². The minimum atomic E-state index is -0.278. The number of hydrogen-bond donors (Lipinski definition) is 0. The largest absolute Gasteiger partial charge is 0.352 e. The van der Waals surface area contributed by atoms with Crippen LogP contribution >= 0.6 is 15.9 Å². The molecule has 0 saturated carbocycles. The van der Waals surface area contributed by atoms with Crippen LogP contribution in [0.15, 0.2) is 47.1 Å². The third kappa shape index (κ3) is 3.80. The molecule has 0 N–H and O–H groups in total. The summed E-state index contributed by atoms with van der Waals surface area (Å²) in [6.07, 6.45) is 1.92. The van der Waals surface area contributed by atoms with E-state index in [-0.39, 0.29) is 24.2 Å². The monoisotopic (exact) mass is 429 g/mol. The topological polar surface area (TPSA) is 69.6 Å². The summed E-state index contributed by atoms with van der Waals surface area (Å²) in [4.78, 5) is 31.1. The van der Waals surface area contributed by atoms with Crippen molar-refractivity contribution in [3.8, 4) is 0 Å². The lowest BCUT2D eigenvalue weighted by molar-refractivity contribution is -0.136. The molecule has 2 saturated heterocycles. The fourth-order valence-electron chi connectivity index (χ4n) is 3.64. The van der Waals surface area contributed by atoms with Crippen LogP contribution in [0, 0.1) is 5.92 Å². The van der Waals surface area contributed by atoms with Crippen LogP contribution in [0.3, 0.4) is 0 Å². The quantitative estimate of drug-likeness (QED) is 0.745. The Morgan fingerprint density at radius 3 is 2.63 bits per heavy atom. The second kappa shape index (κ2) is 7.64. The van der Waals surface area contributed by atoms with Crippen LogP contribution in [0.4, 0.5) is 11.5 Å². The lowest BCUT2D eigenvalue weighted by Gasteiger charge is -2.36. The zero-order valence-corrected chi connectivity index (χ0v) is 16.4. The van der Waals surface area contributed by atoms with E-state index in [1.54, 1.807) is 11.1 Å². The molecular weight excluding hydrogens is 410 g/mol. The van der Waals surface area contributed by atoms with Crippen molar-refractivity contribution in [1.29, 1.82) is 0 Å². The standard InChI is InChI=1S/C19H20BrN5O2/c20-15-3-1-4-16(12-15)25-13-14(11-18(25)26)19(27)24-9-7-23(8-10-24)17-5-2-6-21-22-17/h1-6,12,14H,7-11,13H2. The van der Waals surface area contributed by atoms with E-state index in [0.717, 1.165) is 29.1 Å². The summed E-state index contributed by atoms with van der Waals surface area (Å²) in [5, 5.41) is 8.04. The van der Waals surface area contributed by atoms with Crippen molar-refractivity contribution >= 4 is 39.2 Å². The summed E-state index contributed by atoms with van der Waals surface area (Å²) in [6, 6.07) is 11.4. The normalized spacial score (nSPS) is 20.3. The molecule has 140 valence electrons. The van der Waals surface area contributed by atoms with Gasteiger partial charge in [-0.2, -0.15) is 5.10 Å². The lowest BCUT2D eigenvalue weighted by Crippen LogP contribution is -2.51. The third-order valence-corrected chi connectivity index (χ3v) is 5.56. The third-order valence-electron chi connectivity index (χ3n) is 5.07. The molecule has 2 aliphatic rings. The lowest BCUT2D eigenvalue weighted by atomic mass is 10.1. The van der Waals surface area contributed by atoms with Gasteiger partial charge in [0.15, 0.2) is 5.82 Å². The van der Waals surface area contributed by atoms with Gasteiger partial charge in [0.05, 0.1) is 5.92 Å². The summed E-state index contributed by atoms with van der Waals surface area (Å²) in [7, 11) is 0. The van der Waals surface area contributed by atoms with Gasteiger partial charge in [-0.05, 0) is 30.3 Å². The summed E-state index contributed by atoms with van der Waals surface area (Å²) in [5.41, 5.74) is 0.831. The molecule has 0 radical (unpaired) electrons. The number of benzene rings is 1. The van der Waals surface area contributed by atoms with E-state index < -0.39 is 0 Å². The van der Waals surface area contributed by atoms with Crippen LogP contribution in [0.1, 0.15) is 6.42 Å². The molecule has 3 heterocycles. The Bertz CT molecular complexity index is 839. The molecule has 4 rings (SSSR count). The Kier molecular flexibility index (Phi) is 5.07. The highest BCUT2D eigenvalue weighted by molar-refractivity contribution is 9.10. The summed E-state index contributed by atoms with van der Waals surface area (Å²) >= 11 is 3.43. The molecule has 2 amide bonds. The maximum Gasteiger partial charge on any atom is 0.228 e. The van der Waals surface area contributed by atoms with Gasteiger partial charge in [-0.1, -0.05) is 22.0 Å². The summed E-state index contributed by atoms with van der Waals surface area (Å²) in [6.45, 7) is 3.16. The van der Waals surface area contributed by atoms with Gasteiger partial charge < -0.3 is 14.7 Å². The predicted molar refractivity (Wildman–Crippen MR) is 105 cm³/mol. The first-order valence-corrected chi connectivity index (χ1v) is 9.78. The number of piperazine rings is 1. The van der Waals surface area contributed by atoms with Gasteiger partial charge in [0.25, 0.3) is 0 Å². The van der Waals surface area contributed by atoms with Gasteiger partial charge in [0, 0.05) is 55.5 Å². The zero-order valence-electron chi connectivity index (χ0n) is 14.8. The first-order chi connectivity index (χ1) is 13.1. The number of amides is 2. The van der Waals surface area contributed by atoms with Gasteiger partial charge in [0.1, 0.15) is 0 Å². The van der Waals surface area contributed by atoms with Crippen molar-refractivity contribution in [1.82, 2.24) is 15.1 Å². The van der Waals surface area contributed by atoms with E-state index in [9.17, 15) is 9.59 Å². The number of carbonyl (C=O) groups excluding carboxylic acids is 2. The van der Waals surface area contributed by atoms with Gasteiger partial charge in [0.2, 0.25) is 11.8 Å². The molecule has 1 unspecified atom stereocenters. The molecule has 1 aromatic heterocycles. The van der Waals surface area contributed by atoms with E-state index in [2.05, 4.69) is 31.0 Å². The molecule has 2 fully saturated rings. The number of nitrogens with zero attached hydrogens (tertiary/aromatic N) is 5. The van der Waals surface area contributed by atoms with Crippen LogP contribution in [0.2, 0.25) is 0 Å². The molecule has 2 aromatic rings. The summed E-state index contributed by atoms with van der Waals surface area (Å²) < 4.78 is 0.919. The van der Waals surface area contributed by atoms with Crippen LogP contribution in [0.25, 0.3) is 0 Å².